The minimum absolute atomic E-state index is 0.0427. The van der Waals surface area contributed by atoms with Crippen LogP contribution in [0.5, 0.6) is 0 Å². The molecule has 0 saturated heterocycles. The molecule has 29 heavy (non-hydrogen) atoms. The molecule has 1 heterocycles. The lowest BCUT2D eigenvalue weighted by atomic mass is 10.1. The van der Waals surface area contributed by atoms with Crippen LogP contribution in [0.15, 0.2) is 60.3 Å². The molecule has 146 valence electrons. The van der Waals surface area contributed by atoms with E-state index in [2.05, 4.69) is 5.32 Å². The number of carbonyl (C=O) groups excluding carboxylic acids is 2. The van der Waals surface area contributed by atoms with Crippen molar-refractivity contribution in [3.05, 3.63) is 70.9 Å². The lowest BCUT2D eigenvalue weighted by Crippen LogP contribution is -2.13. The third kappa shape index (κ3) is 4.84. The Morgan fingerprint density at radius 2 is 1.93 bits per heavy atom. The second-order valence-corrected chi connectivity index (χ2v) is 6.60. The topological polar surface area (TPSA) is 84.1 Å². The van der Waals surface area contributed by atoms with Crippen LogP contribution in [0.4, 0.5) is 5.69 Å². The number of hydrogen-bond acceptors (Lipinski definition) is 4. The first-order chi connectivity index (χ1) is 14.0. The lowest BCUT2D eigenvalue weighted by Gasteiger charge is -2.04. The highest BCUT2D eigenvalue weighted by Gasteiger charge is 2.14. The molecule has 6 nitrogen and oxygen atoms in total. The first-order valence-electron chi connectivity index (χ1n) is 8.94. The number of aromatic nitrogens is 1. The molecule has 0 fully saturated rings. The van der Waals surface area contributed by atoms with Crippen molar-refractivity contribution in [2.45, 2.75) is 13.5 Å². The second-order valence-electron chi connectivity index (χ2n) is 6.17. The minimum atomic E-state index is -0.531. The van der Waals surface area contributed by atoms with Crippen molar-refractivity contribution in [1.29, 1.82) is 5.26 Å². The van der Waals surface area contributed by atoms with Gasteiger partial charge in [0.05, 0.1) is 6.61 Å². The number of benzene rings is 2. The smallest absolute Gasteiger partial charge is 0.325 e. The van der Waals surface area contributed by atoms with Crippen LogP contribution in [0.1, 0.15) is 12.5 Å². The van der Waals surface area contributed by atoms with Crippen LogP contribution in [-0.2, 0) is 20.9 Å². The molecule has 3 rings (SSSR count). The van der Waals surface area contributed by atoms with Gasteiger partial charge >= 0.3 is 5.97 Å². The van der Waals surface area contributed by atoms with E-state index in [1.165, 1.54) is 6.08 Å². The third-order valence-corrected chi connectivity index (χ3v) is 4.44. The van der Waals surface area contributed by atoms with Crippen molar-refractivity contribution in [2.75, 3.05) is 11.9 Å². The van der Waals surface area contributed by atoms with Gasteiger partial charge in [-0.05, 0) is 43.3 Å². The van der Waals surface area contributed by atoms with Gasteiger partial charge in [-0.3, -0.25) is 9.59 Å². The van der Waals surface area contributed by atoms with E-state index in [0.717, 1.165) is 10.9 Å². The summed E-state index contributed by atoms with van der Waals surface area (Å²) >= 11 is 5.85. The summed E-state index contributed by atoms with van der Waals surface area (Å²) in [6.45, 7) is 2.09. The maximum Gasteiger partial charge on any atom is 0.325 e. The van der Waals surface area contributed by atoms with Gasteiger partial charge in [-0.1, -0.05) is 29.8 Å². The van der Waals surface area contributed by atoms with Crippen LogP contribution < -0.4 is 5.32 Å². The number of para-hydroxylation sites is 1. The van der Waals surface area contributed by atoms with E-state index in [0.29, 0.717) is 22.9 Å². The Balaban J connectivity index is 1.92. The number of esters is 1. The first kappa shape index (κ1) is 20.2. The van der Waals surface area contributed by atoms with Crippen molar-refractivity contribution in [1.82, 2.24) is 4.57 Å². The Bertz CT molecular complexity index is 1120. The highest BCUT2D eigenvalue weighted by Crippen LogP contribution is 2.24. The fourth-order valence-electron chi connectivity index (χ4n) is 2.90. The Morgan fingerprint density at radius 3 is 2.62 bits per heavy atom. The summed E-state index contributed by atoms with van der Waals surface area (Å²) in [5.74, 6) is -0.887. The molecule has 0 atom stereocenters. The predicted octanol–water partition coefficient (Wildman–Crippen LogP) is 4.40. The molecular weight excluding hydrogens is 390 g/mol. The van der Waals surface area contributed by atoms with Crippen molar-refractivity contribution in [2.24, 2.45) is 0 Å². The van der Waals surface area contributed by atoms with Gasteiger partial charge in [0.1, 0.15) is 18.2 Å². The first-order valence-corrected chi connectivity index (χ1v) is 9.32. The Morgan fingerprint density at radius 1 is 1.21 bits per heavy atom. The van der Waals surface area contributed by atoms with E-state index < -0.39 is 5.91 Å². The Labute approximate surface area is 173 Å². The summed E-state index contributed by atoms with van der Waals surface area (Å²) in [5, 5.41) is 13.5. The number of hydrogen-bond donors (Lipinski definition) is 1. The van der Waals surface area contributed by atoms with Gasteiger partial charge in [-0.2, -0.15) is 5.26 Å². The van der Waals surface area contributed by atoms with Crippen LogP contribution in [0.2, 0.25) is 5.02 Å². The van der Waals surface area contributed by atoms with Gasteiger partial charge in [-0.15, -0.1) is 0 Å². The van der Waals surface area contributed by atoms with E-state index >= 15 is 0 Å². The minimum Gasteiger partial charge on any atom is -0.465 e. The van der Waals surface area contributed by atoms with Gasteiger partial charge in [-0.25, -0.2) is 0 Å². The predicted molar refractivity (Wildman–Crippen MR) is 112 cm³/mol. The van der Waals surface area contributed by atoms with Gasteiger partial charge < -0.3 is 14.6 Å². The summed E-state index contributed by atoms with van der Waals surface area (Å²) in [7, 11) is 0. The molecule has 0 aliphatic rings. The largest absolute Gasteiger partial charge is 0.465 e. The number of rotatable bonds is 6. The maximum absolute atomic E-state index is 12.5. The van der Waals surface area contributed by atoms with E-state index in [1.54, 1.807) is 42.0 Å². The number of nitriles is 1. The zero-order chi connectivity index (χ0) is 20.8. The molecule has 0 aliphatic heterocycles. The van der Waals surface area contributed by atoms with Crippen molar-refractivity contribution < 1.29 is 14.3 Å². The molecule has 1 aromatic heterocycles. The fourth-order valence-corrected chi connectivity index (χ4v) is 3.03. The van der Waals surface area contributed by atoms with Crippen LogP contribution in [0, 0.1) is 11.3 Å². The standard InChI is InChI=1S/C22H18ClN3O3/c1-2-29-21(27)14-26-13-16(19-5-3-4-6-20(19)26)11-15(12-24)22(28)25-18-9-7-17(23)8-10-18/h3-11,13H,2,14H2,1H3,(H,25,28). The van der Waals surface area contributed by atoms with E-state index in [4.69, 9.17) is 16.3 Å². The summed E-state index contributed by atoms with van der Waals surface area (Å²) in [4.78, 5) is 24.4. The quantitative estimate of drug-likeness (QED) is 0.373. The number of fused-ring (bicyclic) bond motifs is 1. The zero-order valence-corrected chi connectivity index (χ0v) is 16.4. The molecule has 7 heteroatoms. The number of ether oxygens (including phenoxy) is 1. The lowest BCUT2D eigenvalue weighted by molar-refractivity contribution is -0.143. The van der Waals surface area contributed by atoms with E-state index in [-0.39, 0.29) is 18.1 Å². The summed E-state index contributed by atoms with van der Waals surface area (Å²) in [5.41, 5.74) is 1.94. The van der Waals surface area contributed by atoms with Gasteiger partial charge in [0.15, 0.2) is 0 Å². The normalized spacial score (nSPS) is 11.1. The monoisotopic (exact) mass is 407 g/mol. The average Bonchev–Trinajstić information content (AvgIpc) is 3.05. The number of nitrogens with one attached hydrogen (secondary N) is 1. The Hall–Kier alpha value is -3.56. The summed E-state index contributed by atoms with van der Waals surface area (Å²) in [6.07, 6.45) is 3.24. The van der Waals surface area contributed by atoms with Crippen LogP contribution in [-0.4, -0.2) is 23.1 Å². The molecule has 3 aromatic rings. The SMILES string of the molecule is CCOC(=O)Cn1cc(C=C(C#N)C(=O)Nc2ccc(Cl)cc2)c2ccccc21. The fraction of sp³-hybridized carbons (Fsp3) is 0.136. The summed E-state index contributed by atoms with van der Waals surface area (Å²) < 4.78 is 6.76. The number of halogens is 1. The number of nitrogens with zero attached hydrogens (tertiary/aromatic N) is 2. The van der Waals surface area contributed by atoms with Crippen LogP contribution >= 0.6 is 11.6 Å². The molecule has 0 bridgehead atoms. The number of amides is 1. The van der Waals surface area contributed by atoms with E-state index in [9.17, 15) is 14.9 Å². The van der Waals surface area contributed by atoms with Gasteiger partial charge in [0.25, 0.3) is 5.91 Å². The number of carbonyl (C=O) groups is 2. The molecule has 1 N–H and O–H groups in total. The van der Waals surface area contributed by atoms with Gasteiger partial charge in [0, 0.05) is 33.4 Å². The third-order valence-electron chi connectivity index (χ3n) is 4.19. The van der Waals surface area contributed by atoms with Crippen molar-refractivity contribution >= 4 is 46.1 Å². The molecular formula is C22H18ClN3O3. The highest BCUT2D eigenvalue weighted by atomic mass is 35.5. The second kappa shape index (κ2) is 9.09. The van der Waals surface area contributed by atoms with Crippen molar-refractivity contribution in [3.8, 4) is 6.07 Å². The molecule has 1 amide bonds. The van der Waals surface area contributed by atoms with Gasteiger partial charge in [0.2, 0.25) is 0 Å². The number of anilines is 1. The van der Waals surface area contributed by atoms with Crippen LogP contribution in [0.3, 0.4) is 0 Å². The van der Waals surface area contributed by atoms with Crippen molar-refractivity contribution in [3.63, 3.8) is 0 Å². The molecule has 0 saturated carbocycles. The zero-order valence-electron chi connectivity index (χ0n) is 15.7. The summed E-state index contributed by atoms with van der Waals surface area (Å²) in [6, 6.07) is 16.0. The average molecular weight is 408 g/mol. The molecule has 0 spiro atoms. The highest BCUT2D eigenvalue weighted by molar-refractivity contribution is 6.30. The molecule has 2 aromatic carbocycles. The molecule has 0 radical (unpaired) electrons. The molecule has 0 unspecified atom stereocenters. The van der Waals surface area contributed by atoms with Crippen LogP contribution in [0.25, 0.3) is 17.0 Å². The Kier molecular flexibility index (Phi) is 6.32. The maximum atomic E-state index is 12.5. The van der Waals surface area contributed by atoms with E-state index in [1.807, 2.05) is 30.3 Å². The molecule has 0 aliphatic carbocycles.